The topological polar surface area (TPSA) is 328 Å². The van der Waals surface area contributed by atoms with Crippen molar-refractivity contribution in [1.82, 2.24) is 21.3 Å². The maximum Gasteiger partial charge on any atom is 0.435 e. The number of hydrogen-bond donors (Lipinski definition) is 8. The number of carbonyl (C=O) groups is 8. The molecule has 0 radical (unpaired) electrons. The Hall–Kier alpha value is -12.2. The van der Waals surface area contributed by atoms with Crippen LogP contribution < -0.4 is 42.5 Å². The Balaban J connectivity index is 0.000000389. The highest BCUT2D eigenvalue weighted by atomic mass is 127. The van der Waals surface area contributed by atoms with Gasteiger partial charge in [0, 0.05) is 40.5 Å². The standard InChI is InChI=1S/2C23H20ClF6N3O2.C22H17F7IN3O2.C22H18F6IN3O2.CH4/c1-12-9-13(21(4,22(25,26)27)23(28,29)30)5-8-17(12)32-18(34)15-7-6-14(24)10-16(15)19(35)33-20(2,3)11-31;1-12-10-13(21(4,22(25,26)27)23(28,29)30)8-9-16(12)32-18(34)14-6-5-7-15(24)17(14)19(35)33-20(2,3)11-31;1-11-9-12(20(23,21(24,25)26)22(27,28)29)7-8-15(11)32-17(34)13-5-4-6-14(30)16(13)18(35)33-19(2,3)10-31;1-19(2,11-30)32-18(34)16-14(5-4-6-15(16)29)17(33)31-13-9-7-12(8-10-13)20(3,21(23,24)25)22(26,27)28;/h2*5-10H,1-4H3,(H,32,34)(H,33,35);4-9H,1-3H3,(H,32,34)(H,33,35);4-10H,1-3H3,(H,31,33)(H,32,34);1H4. The van der Waals surface area contributed by atoms with E-state index in [2.05, 4.69) is 42.5 Å². The van der Waals surface area contributed by atoms with E-state index >= 15 is 0 Å². The molecule has 8 aromatic carbocycles. The number of carbonyl (C=O) groups excluding carboxylic acids is 8. The predicted molar refractivity (Wildman–Crippen MR) is 482 cm³/mol. The van der Waals surface area contributed by atoms with Gasteiger partial charge in [-0.15, -0.1) is 0 Å². The van der Waals surface area contributed by atoms with Crippen molar-refractivity contribution < 1.29 is 148 Å². The van der Waals surface area contributed by atoms with E-state index in [0.717, 1.165) is 31.2 Å². The fourth-order valence-corrected chi connectivity index (χ4v) is 14.0. The van der Waals surface area contributed by atoms with E-state index in [1.165, 1.54) is 136 Å². The normalized spacial score (nSPS) is 12.5. The van der Waals surface area contributed by atoms with Gasteiger partial charge in [-0.3, -0.25) is 38.4 Å². The van der Waals surface area contributed by atoms with Crippen LogP contribution in [-0.2, 0) is 21.9 Å². The molecule has 0 aliphatic carbocycles. The Kier molecular flexibility index (Phi) is 37.6. The molecule has 0 bridgehead atoms. The van der Waals surface area contributed by atoms with Crippen LogP contribution in [0, 0.1) is 73.2 Å². The minimum absolute atomic E-state index is 0. The Bertz CT molecular complexity index is 5980. The number of benzene rings is 8. The van der Waals surface area contributed by atoms with E-state index in [1.54, 1.807) is 28.7 Å². The van der Waals surface area contributed by atoms with Crippen molar-refractivity contribution in [2.45, 2.75) is 198 Å². The summed E-state index contributed by atoms with van der Waals surface area (Å²) in [6.45, 7) is 15.1. The van der Waals surface area contributed by atoms with Gasteiger partial charge in [-0.05, 0) is 260 Å². The van der Waals surface area contributed by atoms with Crippen molar-refractivity contribution in [3.63, 3.8) is 0 Å². The fourth-order valence-electron chi connectivity index (χ4n) is 12.1. The van der Waals surface area contributed by atoms with Crippen molar-refractivity contribution in [1.29, 1.82) is 21.0 Å². The minimum atomic E-state index is -6.28. The Labute approximate surface area is 819 Å². The van der Waals surface area contributed by atoms with Crippen LogP contribution in [-0.4, -0.2) is 119 Å². The number of alkyl halides is 25. The molecule has 0 saturated heterocycles. The van der Waals surface area contributed by atoms with Crippen LogP contribution in [0.4, 0.5) is 133 Å². The number of rotatable bonds is 20. The average molecular weight is 2270 g/mol. The number of nitriles is 4. The zero-order valence-electron chi connectivity index (χ0n) is 73.9. The predicted octanol–water partition coefficient (Wildman–Crippen LogP) is 25.4. The van der Waals surface area contributed by atoms with Crippen molar-refractivity contribution in [2.75, 3.05) is 21.3 Å². The first-order valence-corrected chi connectivity index (χ1v) is 41.9. The summed E-state index contributed by atoms with van der Waals surface area (Å²) in [6.07, 6.45) is -46.2. The van der Waals surface area contributed by atoms with Gasteiger partial charge in [-0.1, -0.05) is 97.4 Å². The SMILES string of the molecule is C.CC(C)(C#N)NC(=O)c1c(I)cccc1C(=O)Nc1ccc(C(C)(C(F)(F)F)C(F)(F)F)cc1.Cc1cc(C(C)(C(F)(F)F)C(F)(F)F)ccc1NC(=O)c1ccc(Cl)cc1C(=O)NC(C)(C)C#N.Cc1cc(C(C)(C(F)(F)F)C(F)(F)F)ccc1NC(=O)c1cccc(Cl)c1C(=O)NC(C)(C)C#N.Cc1cc(C(F)(C(F)(F)F)C(F)(F)F)ccc1NC(=O)c1cccc(I)c1C(=O)NC(C)(C)C#N. The van der Waals surface area contributed by atoms with Gasteiger partial charge in [0.25, 0.3) is 47.3 Å². The maximum atomic E-state index is 14.3. The van der Waals surface area contributed by atoms with Crippen molar-refractivity contribution in [3.05, 3.63) is 252 Å². The highest BCUT2D eigenvalue weighted by molar-refractivity contribution is 14.1. The third-order valence-electron chi connectivity index (χ3n) is 20.6. The van der Waals surface area contributed by atoms with Gasteiger partial charge in [0.15, 0.2) is 16.2 Å². The molecule has 20 nitrogen and oxygen atoms in total. The lowest BCUT2D eigenvalue weighted by atomic mass is 9.80. The Morgan fingerprint density at radius 3 is 0.857 bits per heavy atom. The molecule has 0 saturated carbocycles. The molecular weight excluding hydrogens is 2190 g/mol. The first-order chi connectivity index (χ1) is 63.0. The number of amides is 8. The van der Waals surface area contributed by atoms with Gasteiger partial charge in [0.2, 0.25) is 0 Å². The van der Waals surface area contributed by atoms with Crippen LogP contribution >= 0.6 is 68.4 Å². The average Bonchev–Trinajstić information content (AvgIpc) is 0.751. The lowest BCUT2D eigenvalue weighted by Gasteiger charge is -2.34. The maximum absolute atomic E-state index is 14.3. The number of hydrogen-bond acceptors (Lipinski definition) is 12. The molecule has 0 spiro atoms. The van der Waals surface area contributed by atoms with Gasteiger partial charge >= 0.3 is 55.1 Å². The second-order valence-corrected chi connectivity index (χ2v) is 36.1. The molecule has 8 aromatic rings. The van der Waals surface area contributed by atoms with Crippen molar-refractivity contribution in [3.8, 4) is 24.3 Å². The lowest BCUT2D eigenvalue weighted by molar-refractivity contribution is -0.348. The zero-order chi connectivity index (χ0) is 107. The molecule has 49 heteroatoms. The summed E-state index contributed by atoms with van der Waals surface area (Å²) >= 11 is 15.6. The van der Waals surface area contributed by atoms with Crippen molar-refractivity contribution in [2.24, 2.45) is 0 Å². The summed E-state index contributed by atoms with van der Waals surface area (Å²) < 4.78 is 334. The molecule has 0 unspecified atom stereocenters. The minimum Gasteiger partial charge on any atom is -0.334 e. The molecule has 0 aliphatic rings. The molecule has 0 fully saturated rings. The quantitative estimate of drug-likeness (QED) is 0.0261. The van der Waals surface area contributed by atoms with Crippen LogP contribution in [0.5, 0.6) is 0 Å². The number of anilines is 4. The third-order valence-corrected chi connectivity index (χ3v) is 23.0. The van der Waals surface area contributed by atoms with Crippen LogP contribution in [0.15, 0.2) is 152 Å². The monoisotopic (exact) mass is 2270 g/mol. The van der Waals surface area contributed by atoms with E-state index in [9.17, 15) is 148 Å². The summed E-state index contributed by atoms with van der Waals surface area (Å²) in [7, 11) is 0. The summed E-state index contributed by atoms with van der Waals surface area (Å²) in [5.74, 6) is -6.56. The highest BCUT2D eigenvalue weighted by Crippen LogP contribution is 2.57. The van der Waals surface area contributed by atoms with E-state index in [0.29, 0.717) is 55.7 Å². The van der Waals surface area contributed by atoms with Gasteiger partial charge in [-0.25, -0.2) is 4.39 Å². The van der Waals surface area contributed by atoms with E-state index in [1.807, 2.05) is 46.9 Å². The van der Waals surface area contributed by atoms with Gasteiger partial charge < -0.3 is 42.5 Å². The Morgan fingerprint density at radius 1 is 0.286 bits per heavy atom. The third kappa shape index (κ3) is 27.3. The van der Waals surface area contributed by atoms with Gasteiger partial charge in [0.05, 0.1) is 73.8 Å². The number of nitrogens with one attached hydrogen (secondary N) is 8. The number of halogens is 29. The molecule has 140 heavy (non-hydrogen) atoms. The lowest BCUT2D eigenvalue weighted by Crippen LogP contribution is -2.51. The molecule has 754 valence electrons. The molecule has 8 N–H and O–H groups in total. The van der Waals surface area contributed by atoms with E-state index in [-0.39, 0.29) is 128 Å². The summed E-state index contributed by atoms with van der Waals surface area (Å²) in [4.78, 5) is 102. The molecule has 0 heterocycles. The van der Waals surface area contributed by atoms with Crippen LogP contribution in [0.25, 0.3) is 0 Å². The Morgan fingerprint density at radius 2 is 0.550 bits per heavy atom. The first kappa shape index (κ1) is 120. The molecule has 0 atom stereocenters. The van der Waals surface area contributed by atoms with Crippen LogP contribution in [0.1, 0.15) is 205 Å². The molecule has 8 rings (SSSR count). The molecule has 0 aliphatic heterocycles. The molecule has 8 amide bonds. The fraction of sp³-hybridized carbons (Fsp3) is 0.341. The van der Waals surface area contributed by atoms with Crippen LogP contribution in [0.3, 0.4) is 0 Å². The van der Waals surface area contributed by atoms with Gasteiger partial charge in [0.1, 0.15) is 22.2 Å². The number of nitrogens with zero attached hydrogens (tertiary/aromatic N) is 4. The summed E-state index contributed by atoms with van der Waals surface area (Å²) in [6, 6.07) is 32.7. The van der Waals surface area contributed by atoms with E-state index < -0.39 is 163 Å². The summed E-state index contributed by atoms with van der Waals surface area (Å²) in [5.41, 5.74) is -30.0. The number of aryl methyl sites for hydroxylation is 3. The molecule has 0 aromatic heterocycles. The van der Waals surface area contributed by atoms with Crippen LogP contribution in [0.2, 0.25) is 10.0 Å². The van der Waals surface area contributed by atoms with Crippen molar-refractivity contribution >= 4 is 138 Å². The highest BCUT2D eigenvalue weighted by Gasteiger charge is 2.74. The first-order valence-electron chi connectivity index (χ1n) is 39.0. The van der Waals surface area contributed by atoms with Gasteiger partial charge in [-0.2, -0.15) is 126 Å². The zero-order valence-corrected chi connectivity index (χ0v) is 79.8. The second-order valence-electron chi connectivity index (χ2n) is 32.9. The largest absolute Gasteiger partial charge is 0.435 e. The van der Waals surface area contributed by atoms with E-state index in [4.69, 9.17) is 44.2 Å². The second kappa shape index (κ2) is 43.9. The summed E-state index contributed by atoms with van der Waals surface area (Å²) in [5, 5.41) is 55.7. The molecular formula is C91H79Cl2F25I2N12O8. The smallest absolute Gasteiger partial charge is 0.334 e.